The van der Waals surface area contributed by atoms with Gasteiger partial charge in [-0.05, 0) is 38.2 Å². The summed E-state index contributed by atoms with van der Waals surface area (Å²) in [4.78, 5) is 28.0. The maximum absolute atomic E-state index is 12.3. The number of nitrogen functional groups attached to an aromatic ring is 1. The summed E-state index contributed by atoms with van der Waals surface area (Å²) in [6.07, 6.45) is 17.0. The molecule has 0 spiro atoms. The largest absolute Gasteiger partial charge is 0.457 e. The van der Waals surface area contributed by atoms with Gasteiger partial charge in [-0.15, -0.1) is 0 Å². The Hall–Kier alpha value is -2.23. The smallest absolute Gasteiger partial charge is 0.351 e. The number of carbonyl (C=O) groups excluding carboxylic acids is 1. The topological polar surface area (TPSA) is 137 Å². The van der Waals surface area contributed by atoms with Crippen molar-refractivity contribution in [2.45, 2.75) is 121 Å². The Bertz CT molecular complexity index is 843. The summed E-state index contributed by atoms with van der Waals surface area (Å²) < 4.78 is 12.1. The van der Waals surface area contributed by atoms with Crippen LogP contribution in [0, 0.1) is 0 Å². The van der Waals surface area contributed by atoms with Crippen LogP contribution in [0.15, 0.2) is 29.2 Å². The number of hydrogen-bond acceptors (Lipinski definition) is 8. The molecular weight excluding hydrogens is 462 g/mol. The average molecular weight is 508 g/mol. The molecule has 2 rings (SSSR count). The molecule has 204 valence electrons. The summed E-state index contributed by atoms with van der Waals surface area (Å²) in [5, 5.41) is 20.2. The van der Waals surface area contributed by atoms with Crippen LogP contribution in [0.5, 0.6) is 0 Å². The van der Waals surface area contributed by atoms with Gasteiger partial charge in [0.15, 0.2) is 12.3 Å². The van der Waals surface area contributed by atoms with Crippen molar-refractivity contribution in [2.24, 2.45) is 0 Å². The number of unbranched alkanes of at least 4 members (excludes halogenated alkanes) is 11. The van der Waals surface area contributed by atoms with Crippen molar-refractivity contribution in [3.63, 3.8) is 0 Å². The van der Waals surface area contributed by atoms with Gasteiger partial charge in [-0.2, -0.15) is 4.98 Å². The van der Waals surface area contributed by atoms with Crippen LogP contribution < -0.4 is 11.4 Å². The number of rotatable bonds is 18. The molecule has 36 heavy (non-hydrogen) atoms. The third-order valence-electron chi connectivity index (χ3n) is 6.53. The van der Waals surface area contributed by atoms with Gasteiger partial charge in [-0.25, -0.2) is 4.79 Å². The maximum atomic E-state index is 12.3. The van der Waals surface area contributed by atoms with Crippen LogP contribution >= 0.6 is 0 Å². The highest BCUT2D eigenvalue weighted by Gasteiger charge is 2.47. The van der Waals surface area contributed by atoms with Crippen molar-refractivity contribution in [3.05, 3.63) is 34.9 Å². The molecule has 0 bridgehead atoms. The predicted molar refractivity (Wildman–Crippen MR) is 139 cm³/mol. The van der Waals surface area contributed by atoms with Gasteiger partial charge in [0.05, 0.1) is 6.61 Å². The molecule has 0 amide bonds. The predicted octanol–water partition coefficient (Wildman–Crippen LogP) is 4.03. The lowest BCUT2D eigenvalue weighted by Gasteiger charge is -2.20. The van der Waals surface area contributed by atoms with E-state index in [0.29, 0.717) is 6.42 Å². The lowest BCUT2D eigenvalue weighted by atomic mass is 10.1. The number of aromatic nitrogens is 2. The van der Waals surface area contributed by atoms with E-state index >= 15 is 0 Å². The van der Waals surface area contributed by atoms with Crippen LogP contribution in [0.1, 0.15) is 103 Å². The van der Waals surface area contributed by atoms with Gasteiger partial charge in [0.2, 0.25) is 0 Å². The van der Waals surface area contributed by atoms with Crippen LogP contribution in [0.2, 0.25) is 0 Å². The molecule has 4 N–H and O–H groups in total. The Morgan fingerprint density at radius 1 is 1.08 bits per heavy atom. The molecule has 9 nitrogen and oxygen atoms in total. The Morgan fingerprint density at radius 3 is 2.31 bits per heavy atom. The number of nitrogens with two attached hydrogens (primary N) is 1. The van der Waals surface area contributed by atoms with Crippen molar-refractivity contribution < 1.29 is 24.5 Å². The standard InChI is InChI=1S/C27H45N3O6/c1-2-3-4-5-6-7-8-9-10-11-12-13-14-15-16-17-23(32)36-25-21(20-31)35-26(24(25)33)30-19-18-22(28)29-27(30)34/h9-10,18-19,21,24-26,31,33H,2-8,11-17,20H2,1H3,(H2,28,29,34)/b10-9-/t21-,24-,25-,26-/m1/s1. The second-order valence-electron chi connectivity index (χ2n) is 9.57. The molecule has 0 unspecified atom stereocenters. The first-order chi connectivity index (χ1) is 17.5. The molecule has 4 atom stereocenters. The van der Waals surface area contributed by atoms with Crippen LogP contribution in [0.3, 0.4) is 0 Å². The SMILES string of the molecule is CCCCCCCC/C=C\CCCCCCCC(=O)O[C@H]1[C@@H](O)[C@H](n2ccc(N)nc2=O)O[C@@H]1CO. The zero-order valence-electron chi connectivity index (χ0n) is 21.7. The summed E-state index contributed by atoms with van der Waals surface area (Å²) in [5.74, 6) is -0.410. The number of esters is 1. The first kappa shape index (κ1) is 30.0. The summed E-state index contributed by atoms with van der Waals surface area (Å²) in [6, 6.07) is 1.40. The Labute approximate surface area is 214 Å². The molecule has 1 aliphatic heterocycles. The van der Waals surface area contributed by atoms with Gasteiger partial charge in [0.25, 0.3) is 0 Å². The van der Waals surface area contributed by atoms with Gasteiger partial charge in [0, 0.05) is 12.6 Å². The molecule has 1 aromatic heterocycles. The molecular formula is C27H45N3O6. The minimum Gasteiger partial charge on any atom is -0.457 e. The number of aliphatic hydroxyl groups excluding tert-OH is 2. The van der Waals surface area contributed by atoms with Gasteiger partial charge < -0.3 is 25.4 Å². The molecule has 9 heteroatoms. The van der Waals surface area contributed by atoms with Crippen molar-refractivity contribution in [1.82, 2.24) is 9.55 Å². The van der Waals surface area contributed by atoms with Crippen molar-refractivity contribution >= 4 is 11.8 Å². The van der Waals surface area contributed by atoms with E-state index in [-0.39, 0.29) is 12.2 Å². The van der Waals surface area contributed by atoms with E-state index in [0.717, 1.165) is 36.7 Å². The van der Waals surface area contributed by atoms with Crippen molar-refractivity contribution in [3.8, 4) is 0 Å². The second kappa shape index (κ2) is 17.3. The molecule has 1 aliphatic rings. The lowest BCUT2D eigenvalue weighted by molar-refractivity contribution is -0.156. The van der Waals surface area contributed by atoms with E-state index in [4.69, 9.17) is 15.2 Å². The van der Waals surface area contributed by atoms with Gasteiger partial charge in [-0.3, -0.25) is 9.36 Å². The highest BCUT2D eigenvalue weighted by molar-refractivity contribution is 5.69. The summed E-state index contributed by atoms with van der Waals surface area (Å²) in [5.41, 5.74) is 4.80. The van der Waals surface area contributed by atoms with Gasteiger partial charge in [0.1, 0.15) is 18.0 Å². The lowest BCUT2D eigenvalue weighted by Crippen LogP contribution is -2.39. The van der Waals surface area contributed by atoms with E-state index in [9.17, 15) is 19.8 Å². The van der Waals surface area contributed by atoms with Crippen molar-refractivity contribution in [1.29, 1.82) is 0 Å². The van der Waals surface area contributed by atoms with E-state index in [1.165, 1.54) is 57.2 Å². The monoisotopic (exact) mass is 507 g/mol. The number of carbonyl (C=O) groups is 1. The second-order valence-corrected chi connectivity index (χ2v) is 9.57. The summed E-state index contributed by atoms with van der Waals surface area (Å²) in [6.45, 7) is 1.78. The van der Waals surface area contributed by atoms with E-state index in [1.807, 2.05) is 0 Å². The van der Waals surface area contributed by atoms with Crippen LogP contribution in [-0.4, -0.2) is 50.7 Å². The fourth-order valence-corrected chi connectivity index (χ4v) is 4.41. The molecule has 0 aliphatic carbocycles. The number of ether oxygens (including phenoxy) is 2. The minimum absolute atomic E-state index is 0.0467. The highest BCUT2D eigenvalue weighted by Crippen LogP contribution is 2.30. The van der Waals surface area contributed by atoms with Gasteiger partial charge >= 0.3 is 11.7 Å². The fraction of sp³-hybridized carbons (Fsp3) is 0.741. The third kappa shape index (κ3) is 10.4. The Morgan fingerprint density at radius 2 is 1.69 bits per heavy atom. The number of nitrogens with zero attached hydrogens (tertiary/aromatic N) is 2. The van der Waals surface area contributed by atoms with E-state index in [1.54, 1.807) is 0 Å². The molecule has 1 aromatic rings. The number of hydrogen-bond donors (Lipinski definition) is 3. The average Bonchev–Trinajstić information content (AvgIpc) is 3.16. The normalized spacial score (nSPS) is 21.9. The quantitative estimate of drug-likeness (QED) is 0.154. The molecule has 2 heterocycles. The summed E-state index contributed by atoms with van der Waals surface area (Å²) >= 11 is 0. The molecule has 0 aromatic carbocycles. The molecule has 0 radical (unpaired) electrons. The number of aliphatic hydroxyl groups is 2. The van der Waals surface area contributed by atoms with E-state index in [2.05, 4.69) is 24.1 Å². The fourth-order valence-electron chi connectivity index (χ4n) is 4.41. The zero-order chi connectivity index (χ0) is 26.2. The minimum atomic E-state index is -1.32. The number of allylic oxidation sites excluding steroid dienone is 2. The van der Waals surface area contributed by atoms with Gasteiger partial charge in [-0.1, -0.05) is 70.4 Å². The molecule has 1 fully saturated rings. The summed E-state index contributed by atoms with van der Waals surface area (Å²) in [7, 11) is 0. The van der Waals surface area contributed by atoms with E-state index < -0.39 is 42.8 Å². The first-order valence-electron chi connectivity index (χ1n) is 13.6. The van der Waals surface area contributed by atoms with Crippen LogP contribution in [0.4, 0.5) is 5.82 Å². The Kier molecular flexibility index (Phi) is 14.4. The first-order valence-corrected chi connectivity index (χ1v) is 13.6. The highest BCUT2D eigenvalue weighted by atomic mass is 16.6. The zero-order valence-corrected chi connectivity index (χ0v) is 21.7. The van der Waals surface area contributed by atoms with Crippen LogP contribution in [-0.2, 0) is 14.3 Å². The maximum Gasteiger partial charge on any atom is 0.351 e. The third-order valence-corrected chi connectivity index (χ3v) is 6.53. The van der Waals surface area contributed by atoms with Crippen LogP contribution in [0.25, 0.3) is 0 Å². The van der Waals surface area contributed by atoms with Crippen molar-refractivity contribution in [2.75, 3.05) is 12.3 Å². The molecule has 1 saturated heterocycles. The molecule has 0 saturated carbocycles. The number of anilines is 1. The Balaban J connectivity index is 1.57.